The Balaban J connectivity index is 8.44. The number of halogens is 21. The lowest BCUT2D eigenvalue weighted by molar-refractivity contribution is -0.332. The van der Waals surface area contributed by atoms with Crippen molar-refractivity contribution in [1.29, 1.82) is 0 Å². The highest BCUT2D eigenvalue weighted by atomic mass is 32.3. The van der Waals surface area contributed by atoms with Crippen molar-refractivity contribution in [2.24, 2.45) is 0 Å². The summed E-state index contributed by atoms with van der Waals surface area (Å²) < 4.78 is 334. The van der Waals surface area contributed by atoms with Crippen LogP contribution in [0.15, 0.2) is 0 Å². The molecule has 0 bridgehead atoms. The van der Waals surface area contributed by atoms with Crippen LogP contribution >= 0.6 is 0 Å². The zero-order chi connectivity index (χ0) is 33.6. The molecule has 0 unspecified atom stereocenters. The quantitative estimate of drug-likeness (QED) is 0.245. The van der Waals surface area contributed by atoms with Crippen molar-refractivity contribution in [3.05, 3.63) is 3.91 Å². The SMILES string of the molecule is O=S(=O)([C-](S(=O)(=O)C(F)(F)C(F)(F)C(F)(F)F)S(=O)(=O)C(F)(F)C(F)(F)C(F)(F)F)C(F)(F)C(F)(F)C(F)(F)F. The van der Waals surface area contributed by atoms with Crippen LogP contribution in [0.25, 0.3) is 0 Å². The molecule has 0 aromatic rings. The first-order chi connectivity index (χ1) is 16.6. The highest BCUT2D eigenvalue weighted by Crippen LogP contribution is 2.60. The third kappa shape index (κ3) is 4.80. The maximum Gasteiger partial charge on any atom is 0.461 e. The molecule has 0 amide bonds. The molecular formula is C10F21O6S3-. The number of alkyl halides is 21. The van der Waals surface area contributed by atoms with E-state index in [0.29, 0.717) is 0 Å². The second-order valence-corrected chi connectivity index (χ2v) is 13.1. The van der Waals surface area contributed by atoms with Crippen LogP contribution in [0.2, 0.25) is 0 Å². The van der Waals surface area contributed by atoms with E-state index in [2.05, 4.69) is 0 Å². The second kappa shape index (κ2) is 9.19. The summed E-state index contributed by atoms with van der Waals surface area (Å²) in [4.78, 5) is 0. The summed E-state index contributed by atoms with van der Waals surface area (Å²) in [5, 5.41) is -26.8. The van der Waals surface area contributed by atoms with E-state index in [4.69, 9.17) is 0 Å². The van der Waals surface area contributed by atoms with Gasteiger partial charge in [-0.3, -0.25) is 25.3 Å². The molecule has 30 heteroatoms. The minimum absolute atomic E-state index is 6.54. The Bertz CT molecular complexity index is 1140. The molecule has 0 rings (SSSR count). The van der Waals surface area contributed by atoms with E-state index in [1.807, 2.05) is 0 Å². The monoisotopic (exact) mass is 711 g/mol. The average molecular weight is 711 g/mol. The molecule has 0 saturated carbocycles. The van der Waals surface area contributed by atoms with Crippen LogP contribution in [0, 0.1) is 3.91 Å². The van der Waals surface area contributed by atoms with Gasteiger partial charge in [-0.25, -0.2) is 0 Å². The van der Waals surface area contributed by atoms with Gasteiger partial charge in [-0.15, -0.1) is 0 Å². The van der Waals surface area contributed by atoms with E-state index in [1.165, 1.54) is 0 Å². The van der Waals surface area contributed by atoms with E-state index in [-0.39, 0.29) is 0 Å². The molecule has 0 N–H and O–H groups in total. The van der Waals surface area contributed by atoms with Crippen molar-refractivity contribution in [2.75, 3.05) is 0 Å². The van der Waals surface area contributed by atoms with Gasteiger partial charge in [0.15, 0.2) is 0 Å². The number of hydrogen-bond donors (Lipinski definition) is 0. The number of rotatable bonds is 9. The Morgan fingerprint density at radius 2 is 0.425 bits per heavy atom. The summed E-state index contributed by atoms with van der Waals surface area (Å²) in [5.41, 5.74) is 0. The summed E-state index contributed by atoms with van der Waals surface area (Å²) in [6, 6.07) is 0. The van der Waals surface area contributed by atoms with E-state index >= 15 is 0 Å². The lowest BCUT2D eigenvalue weighted by Gasteiger charge is -2.42. The van der Waals surface area contributed by atoms with Crippen LogP contribution in [-0.4, -0.2) is 77.3 Å². The molecule has 0 aromatic heterocycles. The molecule has 40 heavy (non-hydrogen) atoms. The minimum atomic E-state index is -10.2. The lowest BCUT2D eigenvalue weighted by atomic mass is 10.3. The summed E-state index contributed by atoms with van der Waals surface area (Å²) in [6.07, 6.45) is -24.7. The van der Waals surface area contributed by atoms with Gasteiger partial charge in [-0.1, -0.05) is 0 Å². The maximum absolute atomic E-state index is 13.7. The predicted molar refractivity (Wildman–Crippen MR) is 77.8 cm³/mol. The first-order valence-corrected chi connectivity index (χ1v) is 12.1. The summed E-state index contributed by atoms with van der Waals surface area (Å²) in [7, 11) is -30.5. The van der Waals surface area contributed by atoms with Gasteiger partial charge in [0, 0.05) is 0 Å². The Kier molecular flexibility index (Phi) is 8.82. The summed E-state index contributed by atoms with van der Waals surface area (Å²) in [5.74, 6) is -26.0. The van der Waals surface area contributed by atoms with Crippen LogP contribution in [-0.2, 0) is 29.5 Å². The summed E-state index contributed by atoms with van der Waals surface area (Å²) in [6.45, 7) is 0. The third-order valence-corrected chi connectivity index (χ3v) is 11.9. The van der Waals surface area contributed by atoms with Gasteiger partial charge in [0.25, 0.3) is 0 Å². The third-order valence-electron chi connectivity index (χ3n) is 3.84. The largest absolute Gasteiger partial charge is 0.461 e. The maximum atomic E-state index is 13.7. The molecule has 0 heterocycles. The van der Waals surface area contributed by atoms with Crippen molar-refractivity contribution in [3.63, 3.8) is 0 Å². The zero-order valence-electron chi connectivity index (χ0n) is 16.6. The van der Waals surface area contributed by atoms with Crippen molar-refractivity contribution in [2.45, 2.75) is 52.1 Å². The first kappa shape index (κ1) is 38.4. The predicted octanol–water partition coefficient (Wildman–Crippen LogP) is 5.05. The van der Waals surface area contributed by atoms with Gasteiger partial charge in [0.1, 0.15) is 29.5 Å². The normalized spacial score (nSPS) is 16.9. The molecule has 0 aliphatic carbocycles. The molecule has 0 saturated heterocycles. The average Bonchev–Trinajstić information content (AvgIpc) is 2.63. The fraction of sp³-hybridized carbons (Fsp3) is 0.900. The van der Waals surface area contributed by atoms with Crippen LogP contribution in [0.5, 0.6) is 0 Å². The van der Waals surface area contributed by atoms with Gasteiger partial charge in [0.2, 0.25) is 0 Å². The van der Waals surface area contributed by atoms with Crippen molar-refractivity contribution < 1.29 is 117 Å². The van der Waals surface area contributed by atoms with Gasteiger partial charge in [-0.05, 0) is 0 Å². The Morgan fingerprint density at radius 3 is 0.525 bits per heavy atom. The van der Waals surface area contributed by atoms with Crippen LogP contribution in [0.3, 0.4) is 0 Å². The van der Waals surface area contributed by atoms with Crippen LogP contribution in [0.1, 0.15) is 0 Å². The van der Waals surface area contributed by atoms with Crippen molar-refractivity contribution in [3.8, 4) is 0 Å². The van der Waals surface area contributed by atoms with Gasteiger partial charge >= 0.3 is 52.1 Å². The number of sulfone groups is 3. The second-order valence-electron chi connectivity index (χ2n) is 6.53. The molecule has 242 valence electrons. The van der Waals surface area contributed by atoms with Gasteiger partial charge in [-0.2, -0.15) is 92.2 Å². The molecule has 0 fully saturated rings. The first-order valence-electron chi connectivity index (χ1n) is 7.69. The fourth-order valence-electron chi connectivity index (χ4n) is 1.75. The molecule has 0 radical (unpaired) electrons. The highest BCUT2D eigenvalue weighted by Gasteiger charge is 2.85. The summed E-state index contributed by atoms with van der Waals surface area (Å²) >= 11 is 0. The van der Waals surface area contributed by atoms with Gasteiger partial charge < -0.3 is 0 Å². The minimum Gasteiger partial charge on any atom is -0.254 e. The Labute approximate surface area is 203 Å². The van der Waals surface area contributed by atoms with E-state index < -0.39 is 85.5 Å². The van der Waals surface area contributed by atoms with Crippen LogP contribution < -0.4 is 0 Å². The molecule has 0 spiro atoms. The number of hydrogen-bond acceptors (Lipinski definition) is 6. The van der Waals surface area contributed by atoms with Crippen molar-refractivity contribution >= 4 is 29.5 Å². The highest BCUT2D eigenvalue weighted by molar-refractivity contribution is 8.29. The van der Waals surface area contributed by atoms with E-state index in [9.17, 15) is 117 Å². The van der Waals surface area contributed by atoms with E-state index in [0.717, 1.165) is 0 Å². The smallest absolute Gasteiger partial charge is 0.254 e. The standard InChI is InChI=1S/C10F21O6S3/c11-2(12,5(17,18)19)8(26,27)38(32,33)1(39(34,35)9(28,29)3(13,14)6(20,21)22)40(36,37)10(30,31)4(15,16)7(23,24)25/q-1. The molecule has 6 nitrogen and oxygen atoms in total. The molecule has 0 aromatic carbocycles. The van der Waals surface area contributed by atoms with Crippen LogP contribution in [0.4, 0.5) is 92.2 Å². The molecular weight excluding hydrogens is 711 g/mol. The topological polar surface area (TPSA) is 102 Å². The Morgan fingerprint density at radius 1 is 0.300 bits per heavy atom. The molecule has 0 aliphatic rings. The molecule has 0 atom stereocenters. The van der Waals surface area contributed by atoms with Crippen molar-refractivity contribution in [1.82, 2.24) is 0 Å². The van der Waals surface area contributed by atoms with E-state index in [1.54, 1.807) is 0 Å². The zero-order valence-corrected chi connectivity index (χ0v) is 19.1. The fourth-order valence-corrected chi connectivity index (χ4v) is 9.09. The molecule has 0 aliphatic heterocycles. The lowest BCUT2D eigenvalue weighted by Crippen LogP contribution is -2.65. The van der Waals surface area contributed by atoms with Gasteiger partial charge in [0.05, 0.1) is 3.91 Å². The Hall–Kier alpha value is -1.62.